The molecule has 0 radical (unpaired) electrons. The topological polar surface area (TPSA) is 122 Å². The SMILES string of the molecule is NC[C@H]1CC[C@H](CC(=O)N[C@H]2CC[C@@H](CC(=O)O)OB2O)CC1. The Bertz CT molecular complexity index is 415. The van der Waals surface area contributed by atoms with Gasteiger partial charge in [0.2, 0.25) is 5.91 Å². The van der Waals surface area contributed by atoms with Gasteiger partial charge in [-0.05, 0) is 56.9 Å². The van der Waals surface area contributed by atoms with Gasteiger partial charge in [0.1, 0.15) is 0 Å². The second kappa shape index (κ2) is 8.66. The predicted octanol–water partition coefficient (Wildman–Crippen LogP) is 0.300. The summed E-state index contributed by atoms with van der Waals surface area (Å²) in [7, 11) is -1.13. The third kappa shape index (κ3) is 5.78. The molecule has 130 valence electrons. The number of nitrogens with one attached hydrogen (secondary N) is 1. The number of hydrogen-bond donors (Lipinski definition) is 4. The fourth-order valence-electron chi connectivity index (χ4n) is 3.56. The molecule has 0 unspecified atom stereocenters. The molecule has 2 fully saturated rings. The molecule has 1 aliphatic carbocycles. The lowest BCUT2D eigenvalue weighted by molar-refractivity contribution is -0.139. The molecule has 0 spiro atoms. The fourth-order valence-corrected chi connectivity index (χ4v) is 3.56. The Hall–Kier alpha value is -1.12. The van der Waals surface area contributed by atoms with E-state index in [4.69, 9.17) is 15.5 Å². The lowest BCUT2D eigenvalue weighted by atomic mass is 9.72. The lowest BCUT2D eigenvalue weighted by Crippen LogP contribution is -2.53. The van der Waals surface area contributed by atoms with Gasteiger partial charge in [0, 0.05) is 6.42 Å². The molecule has 1 heterocycles. The highest BCUT2D eigenvalue weighted by molar-refractivity contribution is 6.45. The predicted molar refractivity (Wildman–Crippen MR) is 85.4 cm³/mol. The van der Waals surface area contributed by atoms with Crippen molar-refractivity contribution in [3.05, 3.63) is 0 Å². The summed E-state index contributed by atoms with van der Waals surface area (Å²) in [5.74, 6) is -0.482. The number of carbonyl (C=O) groups excluding carboxylic acids is 1. The van der Waals surface area contributed by atoms with Gasteiger partial charge in [-0.1, -0.05) is 0 Å². The van der Waals surface area contributed by atoms with Crippen molar-refractivity contribution in [3.8, 4) is 0 Å². The Morgan fingerprint density at radius 2 is 1.74 bits per heavy atom. The van der Waals surface area contributed by atoms with Gasteiger partial charge in [0.15, 0.2) is 0 Å². The molecule has 2 atom stereocenters. The van der Waals surface area contributed by atoms with Gasteiger partial charge < -0.3 is 25.8 Å². The molecule has 0 aromatic heterocycles. The summed E-state index contributed by atoms with van der Waals surface area (Å²) in [5, 5.41) is 21.5. The van der Waals surface area contributed by atoms with Gasteiger partial charge in [-0.25, -0.2) is 0 Å². The Morgan fingerprint density at radius 3 is 2.30 bits per heavy atom. The Labute approximate surface area is 137 Å². The minimum Gasteiger partial charge on any atom is -0.481 e. The average molecular weight is 326 g/mol. The summed E-state index contributed by atoms with van der Waals surface area (Å²) in [5.41, 5.74) is 5.67. The van der Waals surface area contributed by atoms with Crippen molar-refractivity contribution in [3.63, 3.8) is 0 Å². The van der Waals surface area contributed by atoms with Crippen molar-refractivity contribution in [2.24, 2.45) is 17.6 Å². The van der Waals surface area contributed by atoms with Crippen LogP contribution in [-0.4, -0.2) is 47.7 Å². The van der Waals surface area contributed by atoms with E-state index in [1.54, 1.807) is 0 Å². The fraction of sp³-hybridized carbons (Fsp3) is 0.867. The van der Waals surface area contributed by atoms with E-state index in [-0.39, 0.29) is 12.3 Å². The summed E-state index contributed by atoms with van der Waals surface area (Å²) >= 11 is 0. The van der Waals surface area contributed by atoms with E-state index in [1.807, 2.05) is 0 Å². The highest BCUT2D eigenvalue weighted by Crippen LogP contribution is 2.30. The summed E-state index contributed by atoms with van der Waals surface area (Å²) in [6, 6.07) is 0. The number of carbonyl (C=O) groups is 2. The van der Waals surface area contributed by atoms with Crippen LogP contribution in [0.3, 0.4) is 0 Å². The van der Waals surface area contributed by atoms with Crippen LogP contribution in [0.15, 0.2) is 0 Å². The van der Waals surface area contributed by atoms with E-state index in [9.17, 15) is 14.6 Å². The first-order valence-electron chi connectivity index (χ1n) is 8.52. The van der Waals surface area contributed by atoms with Crippen molar-refractivity contribution < 1.29 is 24.4 Å². The second-order valence-electron chi connectivity index (χ2n) is 6.82. The Kier molecular flexibility index (Phi) is 6.86. The number of carboxylic acid groups (broad SMARTS) is 1. The first-order chi connectivity index (χ1) is 11.0. The monoisotopic (exact) mass is 326 g/mol. The van der Waals surface area contributed by atoms with E-state index in [1.165, 1.54) is 0 Å². The van der Waals surface area contributed by atoms with E-state index < -0.39 is 25.1 Å². The number of rotatable bonds is 6. The molecular formula is C15H27BN2O5. The Morgan fingerprint density at radius 1 is 1.09 bits per heavy atom. The molecular weight excluding hydrogens is 299 g/mol. The molecule has 1 amide bonds. The van der Waals surface area contributed by atoms with Gasteiger partial charge in [-0.3, -0.25) is 9.59 Å². The molecule has 8 heteroatoms. The largest absolute Gasteiger partial charge is 0.481 e. The van der Waals surface area contributed by atoms with Crippen LogP contribution in [0.4, 0.5) is 0 Å². The van der Waals surface area contributed by atoms with Crippen LogP contribution < -0.4 is 11.1 Å². The zero-order valence-electron chi connectivity index (χ0n) is 13.4. The van der Waals surface area contributed by atoms with Crippen LogP contribution in [0, 0.1) is 11.8 Å². The maximum absolute atomic E-state index is 12.1. The van der Waals surface area contributed by atoms with E-state index in [2.05, 4.69) is 5.32 Å². The normalized spacial score (nSPS) is 31.7. The van der Waals surface area contributed by atoms with E-state index in [0.717, 1.165) is 32.2 Å². The number of nitrogens with two attached hydrogens (primary N) is 1. The quantitative estimate of drug-likeness (QED) is 0.521. The van der Waals surface area contributed by atoms with Gasteiger partial charge in [0.05, 0.1) is 18.5 Å². The van der Waals surface area contributed by atoms with Crippen LogP contribution >= 0.6 is 0 Å². The van der Waals surface area contributed by atoms with Crippen LogP contribution in [0.2, 0.25) is 0 Å². The maximum atomic E-state index is 12.1. The standard InChI is InChI=1S/C15H27BN2O5/c17-9-11-3-1-10(2-4-11)7-14(19)18-13-6-5-12(8-15(20)21)23-16(13)22/h10-13,22H,1-9,17H2,(H,18,19)(H,20,21)/t10-,11-,12-,13-/m0/s1. The van der Waals surface area contributed by atoms with Crippen LogP contribution in [0.5, 0.6) is 0 Å². The van der Waals surface area contributed by atoms with Gasteiger partial charge in [-0.2, -0.15) is 0 Å². The lowest BCUT2D eigenvalue weighted by Gasteiger charge is -2.32. The smallest absolute Gasteiger partial charge is 0.478 e. The van der Waals surface area contributed by atoms with Gasteiger partial charge >= 0.3 is 13.1 Å². The Balaban J connectivity index is 1.70. The minimum atomic E-state index is -1.13. The molecule has 2 rings (SSSR count). The van der Waals surface area contributed by atoms with E-state index in [0.29, 0.717) is 31.1 Å². The average Bonchev–Trinajstić information content (AvgIpc) is 2.50. The number of hydrogen-bond acceptors (Lipinski definition) is 5. The maximum Gasteiger partial charge on any atom is 0.478 e. The molecule has 2 aliphatic rings. The molecule has 1 saturated carbocycles. The summed E-state index contributed by atoms with van der Waals surface area (Å²) in [6.45, 7) is 0.724. The zero-order chi connectivity index (χ0) is 16.8. The van der Waals surface area contributed by atoms with Crippen molar-refractivity contribution in [1.29, 1.82) is 0 Å². The summed E-state index contributed by atoms with van der Waals surface area (Å²) in [6.07, 6.45) is 5.14. The van der Waals surface area contributed by atoms with E-state index >= 15 is 0 Å². The first-order valence-corrected chi connectivity index (χ1v) is 8.52. The van der Waals surface area contributed by atoms with Crippen molar-refractivity contribution >= 4 is 19.0 Å². The molecule has 1 aliphatic heterocycles. The summed E-state index contributed by atoms with van der Waals surface area (Å²) in [4.78, 5) is 22.8. The molecule has 0 bridgehead atoms. The van der Waals surface area contributed by atoms with Gasteiger partial charge in [0.25, 0.3) is 0 Å². The van der Waals surface area contributed by atoms with Crippen LogP contribution in [0.25, 0.3) is 0 Å². The molecule has 23 heavy (non-hydrogen) atoms. The number of amides is 1. The first kappa shape index (κ1) is 18.2. The van der Waals surface area contributed by atoms with Crippen molar-refractivity contribution in [2.45, 2.75) is 63.4 Å². The zero-order valence-corrected chi connectivity index (χ0v) is 13.4. The molecule has 0 aromatic carbocycles. The highest BCUT2D eigenvalue weighted by Gasteiger charge is 2.37. The summed E-state index contributed by atoms with van der Waals surface area (Å²) < 4.78 is 5.28. The van der Waals surface area contributed by atoms with Crippen molar-refractivity contribution in [2.75, 3.05) is 6.54 Å². The van der Waals surface area contributed by atoms with Gasteiger partial charge in [-0.15, -0.1) is 0 Å². The minimum absolute atomic E-state index is 0.0643. The second-order valence-corrected chi connectivity index (χ2v) is 6.82. The molecule has 0 aromatic rings. The highest BCUT2D eigenvalue weighted by atomic mass is 16.5. The molecule has 1 saturated heterocycles. The third-order valence-corrected chi connectivity index (χ3v) is 5.00. The number of aliphatic carboxylic acids is 1. The number of carboxylic acids is 1. The molecule has 5 N–H and O–H groups in total. The van der Waals surface area contributed by atoms with Crippen LogP contribution in [-0.2, 0) is 14.2 Å². The molecule has 7 nitrogen and oxygen atoms in total. The van der Waals surface area contributed by atoms with Crippen molar-refractivity contribution in [1.82, 2.24) is 5.32 Å². The third-order valence-electron chi connectivity index (χ3n) is 5.00. The van der Waals surface area contributed by atoms with Crippen LogP contribution in [0.1, 0.15) is 51.4 Å².